The third kappa shape index (κ3) is 1.84. The highest BCUT2D eigenvalue weighted by Crippen LogP contribution is 2.40. The SMILES string of the molecule is CC(C)c1nnc(C(C)C)c2c1OCCO2. The number of ether oxygens (including phenoxy) is 2. The van der Waals surface area contributed by atoms with Gasteiger partial charge in [-0.15, -0.1) is 0 Å². The second-order valence-corrected chi connectivity index (χ2v) is 4.64. The second-order valence-electron chi connectivity index (χ2n) is 4.64. The van der Waals surface area contributed by atoms with Crippen LogP contribution in [0.4, 0.5) is 0 Å². The molecular weight excluding hydrogens is 204 g/mol. The van der Waals surface area contributed by atoms with E-state index in [1.54, 1.807) is 0 Å². The quantitative estimate of drug-likeness (QED) is 0.771. The lowest BCUT2D eigenvalue weighted by Crippen LogP contribution is -2.20. The summed E-state index contributed by atoms with van der Waals surface area (Å²) in [4.78, 5) is 0. The van der Waals surface area contributed by atoms with Crippen LogP contribution in [0.25, 0.3) is 0 Å². The molecule has 0 aliphatic carbocycles. The predicted octanol–water partition coefficient (Wildman–Crippen LogP) is 2.49. The van der Waals surface area contributed by atoms with E-state index in [1.807, 2.05) is 0 Å². The Labute approximate surface area is 96.0 Å². The number of fused-ring (bicyclic) bond motifs is 1. The molecule has 0 radical (unpaired) electrons. The van der Waals surface area contributed by atoms with Crippen molar-refractivity contribution in [2.24, 2.45) is 0 Å². The summed E-state index contributed by atoms with van der Waals surface area (Å²) in [5.74, 6) is 2.17. The molecular formula is C12H18N2O2. The lowest BCUT2D eigenvalue weighted by atomic mass is 10.0. The number of hydrogen-bond acceptors (Lipinski definition) is 4. The molecule has 1 aromatic heterocycles. The number of hydrogen-bond donors (Lipinski definition) is 0. The van der Waals surface area contributed by atoms with E-state index >= 15 is 0 Å². The van der Waals surface area contributed by atoms with Crippen LogP contribution in [0.3, 0.4) is 0 Å². The Morgan fingerprint density at radius 1 is 0.812 bits per heavy atom. The minimum Gasteiger partial charge on any atom is -0.484 e. The van der Waals surface area contributed by atoms with Gasteiger partial charge in [0.15, 0.2) is 11.5 Å². The molecule has 0 amide bonds. The van der Waals surface area contributed by atoms with Crippen molar-refractivity contribution in [3.63, 3.8) is 0 Å². The highest BCUT2D eigenvalue weighted by atomic mass is 16.6. The van der Waals surface area contributed by atoms with Gasteiger partial charge in [-0.3, -0.25) is 0 Å². The van der Waals surface area contributed by atoms with Crippen LogP contribution < -0.4 is 9.47 Å². The second kappa shape index (κ2) is 4.28. The first kappa shape index (κ1) is 11.2. The number of aromatic nitrogens is 2. The van der Waals surface area contributed by atoms with Gasteiger partial charge in [0, 0.05) is 11.8 Å². The molecule has 2 heterocycles. The molecule has 0 aromatic carbocycles. The minimum atomic E-state index is 0.296. The molecule has 0 saturated carbocycles. The molecule has 4 nitrogen and oxygen atoms in total. The highest BCUT2D eigenvalue weighted by molar-refractivity contribution is 5.48. The van der Waals surface area contributed by atoms with E-state index in [4.69, 9.17) is 9.47 Å². The first-order chi connectivity index (χ1) is 7.61. The van der Waals surface area contributed by atoms with Gasteiger partial charge in [0.25, 0.3) is 0 Å². The fourth-order valence-electron chi connectivity index (χ4n) is 1.75. The van der Waals surface area contributed by atoms with Gasteiger partial charge in [-0.1, -0.05) is 27.7 Å². The maximum atomic E-state index is 5.68. The molecule has 2 rings (SSSR count). The lowest BCUT2D eigenvalue weighted by Gasteiger charge is -2.24. The molecule has 0 bridgehead atoms. The van der Waals surface area contributed by atoms with Crippen molar-refractivity contribution in [3.05, 3.63) is 11.4 Å². The smallest absolute Gasteiger partial charge is 0.186 e. The van der Waals surface area contributed by atoms with E-state index < -0.39 is 0 Å². The standard InChI is InChI=1S/C12H18N2O2/c1-7(2)9-11-12(16-6-5-15-11)10(8(3)4)14-13-9/h7-8H,5-6H2,1-4H3. The van der Waals surface area contributed by atoms with Crippen LogP contribution in [0, 0.1) is 0 Å². The molecule has 0 saturated heterocycles. The highest BCUT2D eigenvalue weighted by Gasteiger charge is 2.25. The van der Waals surface area contributed by atoms with Crippen molar-refractivity contribution in [2.45, 2.75) is 39.5 Å². The van der Waals surface area contributed by atoms with Crippen molar-refractivity contribution in [1.82, 2.24) is 10.2 Å². The molecule has 88 valence electrons. The molecule has 0 fully saturated rings. The molecule has 1 aliphatic rings. The van der Waals surface area contributed by atoms with Crippen LogP contribution in [-0.4, -0.2) is 23.4 Å². The fourth-order valence-corrected chi connectivity index (χ4v) is 1.75. The Morgan fingerprint density at radius 2 is 1.19 bits per heavy atom. The van der Waals surface area contributed by atoms with Gasteiger partial charge in [0.2, 0.25) is 0 Å². The largest absolute Gasteiger partial charge is 0.484 e. The van der Waals surface area contributed by atoms with Crippen LogP contribution in [0.2, 0.25) is 0 Å². The van der Waals surface area contributed by atoms with Crippen LogP contribution in [0.5, 0.6) is 11.5 Å². The van der Waals surface area contributed by atoms with Crippen molar-refractivity contribution in [1.29, 1.82) is 0 Å². The van der Waals surface area contributed by atoms with Crippen LogP contribution in [0.15, 0.2) is 0 Å². The van der Waals surface area contributed by atoms with Gasteiger partial charge in [-0.2, -0.15) is 10.2 Å². The molecule has 0 atom stereocenters. The van der Waals surface area contributed by atoms with Crippen LogP contribution in [0.1, 0.15) is 50.9 Å². The summed E-state index contributed by atoms with van der Waals surface area (Å²) < 4.78 is 11.4. The van der Waals surface area contributed by atoms with Crippen LogP contribution in [-0.2, 0) is 0 Å². The van der Waals surface area contributed by atoms with E-state index in [0.717, 1.165) is 22.9 Å². The van der Waals surface area contributed by atoms with Crippen LogP contribution >= 0.6 is 0 Å². The minimum absolute atomic E-state index is 0.296. The van der Waals surface area contributed by atoms with Crippen molar-refractivity contribution in [2.75, 3.05) is 13.2 Å². The topological polar surface area (TPSA) is 44.2 Å². The van der Waals surface area contributed by atoms with E-state index in [0.29, 0.717) is 25.0 Å². The monoisotopic (exact) mass is 222 g/mol. The zero-order valence-electron chi connectivity index (χ0n) is 10.3. The Kier molecular flexibility index (Phi) is 2.99. The Hall–Kier alpha value is -1.32. The molecule has 16 heavy (non-hydrogen) atoms. The van der Waals surface area contributed by atoms with Crippen molar-refractivity contribution < 1.29 is 9.47 Å². The normalized spacial score (nSPS) is 14.6. The van der Waals surface area contributed by atoms with Gasteiger partial charge in [-0.05, 0) is 0 Å². The average molecular weight is 222 g/mol. The predicted molar refractivity (Wildman–Crippen MR) is 61.2 cm³/mol. The Bertz CT molecular complexity index is 352. The van der Waals surface area contributed by atoms with Gasteiger partial charge >= 0.3 is 0 Å². The van der Waals surface area contributed by atoms with E-state index in [9.17, 15) is 0 Å². The Morgan fingerprint density at radius 3 is 1.50 bits per heavy atom. The maximum absolute atomic E-state index is 5.68. The molecule has 1 aromatic rings. The van der Waals surface area contributed by atoms with Gasteiger partial charge in [0.1, 0.15) is 24.6 Å². The molecule has 0 spiro atoms. The first-order valence-electron chi connectivity index (χ1n) is 5.77. The molecule has 0 unspecified atom stereocenters. The van der Waals surface area contributed by atoms with Gasteiger partial charge in [0.05, 0.1) is 0 Å². The fraction of sp³-hybridized carbons (Fsp3) is 0.667. The van der Waals surface area contributed by atoms with Gasteiger partial charge < -0.3 is 9.47 Å². The molecule has 1 aliphatic heterocycles. The third-order valence-electron chi connectivity index (χ3n) is 2.61. The van der Waals surface area contributed by atoms with E-state index in [1.165, 1.54) is 0 Å². The number of rotatable bonds is 2. The third-order valence-corrected chi connectivity index (χ3v) is 2.61. The molecule has 4 heteroatoms. The molecule has 0 N–H and O–H groups in total. The summed E-state index contributed by atoms with van der Waals surface area (Å²) in [7, 11) is 0. The lowest BCUT2D eigenvalue weighted by molar-refractivity contribution is 0.164. The van der Waals surface area contributed by atoms with Crippen molar-refractivity contribution >= 4 is 0 Å². The maximum Gasteiger partial charge on any atom is 0.186 e. The average Bonchev–Trinajstić information content (AvgIpc) is 2.27. The summed E-state index contributed by atoms with van der Waals surface area (Å²) in [5, 5.41) is 8.52. The summed E-state index contributed by atoms with van der Waals surface area (Å²) in [6, 6.07) is 0. The summed E-state index contributed by atoms with van der Waals surface area (Å²) in [6.07, 6.45) is 0. The summed E-state index contributed by atoms with van der Waals surface area (Å²) in [5.41, 5.74) is 1.78. The van der Waals surface area contributed by atoms with Crippen molar-refractivity contribution in [3.8, 4) is 11.5 Å². The zero-order chi connectivity index (χ0) is 11.7. The first-order valence-corrected chi connectivity index (χ1v) is 5.77. The summed E-state index contributed by atoms with van der Waals surface area (Å²) >= 11 is 0. The van der Waals surface area contributed by atoms with Gasteiger partial charge in [-0.25, -0.2) is 0 Å². The van der Waals surface area contributed by atoms with E-state index in [-0.39, 0.29) is 0 Å². The Balaban J connectivity index is 2.54. The number of nitrogens with zero attached hydrogens (tertiary/aromatic N) is 2. The zero-order valence-corrected chi connectivity index (χ0v) is 10.3. The van der Waals surface area contributed by atoms with E-state index in [2.05, 4.69) is 37.9 Å². The summed E-state index contributed by atoms with van der Waals surface area (Å²) in [6.45, 7) is 9.51.